The van der Waals surface area contributed by atoms with Gasteiger partial charge in [-0.25, -0.2) is 9.97 Å². The Labute approximate surface area is 102 Å². The molecule has 0 atom stereocenters. The zero-order valence-electron chi connectivity index (χ0n) is 9.21. The molecule has 17 heavy (non-hydrogen) atoms. The lowest BCUT2D eigenvalue weighted by Gasteiger charge is -2.03. The van der Waals surface area contributed by atoms with Gasteiger partial charge >= 0.3 is 0 Å². The van der Waals surface area contributed by atoms with E-state index in [1.165, 1.54) is 0 Å². The largest absolute Gasteiger partial charge is 0.323 e. The average Bonchev–Trinajstić information content (AvgIpc) is 2.79. The van der Waals surface area contributed by atoms with Crippen LogP contribution in [0.2, 0.25) is 0 Å². The predicted octanol–water partition coefficient (Wildman–Crippen LogP) is 3.14. The number of pyridine rings is 1. The molecule has 1 N–H and O–H groups in total. The van der Waals surface area contributed by atoms with Crippen LogP contribution in [0.15, 0.2) is 36.0 Å². The Balaban J connectivity index is 1.91. The highest BCUT2D eigenvalue weighted by Gasteiger charge is 2.01. The van der Waals surface area contributed by atoms with Crippen molar-refractivity contribution in [1.29, 1.82) is 0 Å². The first-order valence-electron chi connectivity index (χ1n) is 5.21. The summed E-state index contributed by atoms with van der Waals surface area (Å²) in [5.41, 5.74) is 2.85. The Kier molecular flexibility index (Phi) is 2.45. The number of hydrogen-bond donors (Lipinski definition) is 1. The van der Waals surface area contributed by atoms with Gasteiger partial charge in [0.15, 0.2) is 0 Å². The predicted molar refractivity (Wildman–Crippen MR) is 69.7 cm³/mol. The first-order chi connectivity index (χ1) is 8.31. The third kappa shape index (κ3) is 2.09. The summed E-state index contributed by atoms with van der Waals surface area (Å²) < 4.78 is 1.09. The molecule has 0 bridgehead atoms. The fraction of sp³-hybridized carbons (Fsp3) is 0.0833. The first-order valence-corrected chi connectivity index (χ1v) is 6.09. The molecule has 0 unspecified atom stereocenters. The molecule has 3 aromatic heterocycles. The van der Waals surface area contributed by atoms with Gasteiger partial charge in [0.05, 0.1) is 28.3 Å². The van der Waals surface area contributed by atoms with Crippen LogP contribution in [0.4, 0.5) is 11.6 Å². The molecule has 3 heterocycles. The van der Waals surface area contributed by atoms with Gasteiger partial charge in [-0.3, -0.25) is 4.98 Å². The van der Waals surface area contributed by atoms with Gasteiger partial charge in [0.25, 0.3) is 0 Å². The minimum absolute atomic E-state index is 0.599. The van der Waals surface area contributed by atoms with Crippen LogP contribution >= 0.6 is 11.3 Å². The second kappa shape index (κ2) is 4.10. The van der Waals surface area contributed by atoms with E-state index in [1.807, 2.05) is 36.7 Å². The molecule has 0 saturated carbocycles. The maximum absolute atomic E-state index is 4.41. The summed E-state index contributed by atoms with van der Waals surface area (Å²) in [5.74, 6) is 0.599. The maximum atomic E-state index is 4.41. The van der Waals surface area contributed by atoms with Crippen molar-refractivity contribution in [1.82, 2.24) is 15.0 Å². The van der Waals surface area contributed by atoms with Crippen LogP contribution in [-0.4, -0.2) is 15.0 Å². The number of hydrogen-bond acceptors (Lipinski definition) is 5. The highest BCUT2D eigenvalue weighted by molar-refractivity contribution is 7.17. The fourth-order valence-electron chi connectivity index (χ4n) is 1.50. The average molecular weight is 242 g/mol. The Morgan fingerprint density at radius 2 is 2.06 bits per heavy atom. The zero-order valence-corrected chi connectivity index (χ0v) is 10.0. The van der Waals surface area contributed by atoms with Crippen LogP contribution in [-0.2, 0) is 0 Å². The van der Waals surface area contributed by atoms with E-state index < -0.39 is 0 Å². The van der Waals surface area contributed by atoms with Gasteiger partial charge in [0.2, 0.25) is 5.95 Å². The summed E-state index contributed by atoms with van der Waals surface area (Å²) >= 11 is 1.64. The van der Waals surface area contributed by atoms with Crippen LogP contribution in [0.3, 0.4) is 0 Å². The number of thiophene rings is 1. The molecule has 4 nitrogen and oxygen atoms in total. The Bertz CT molecular complexity index is 645. The fourth-order valence-corrected chi connectivity index (χ4v) is 2.19. The number of aryl methyl sites for hydroxylation is 1. The van der Waals surface area contributed by atoms with Crippen LogP contribution in [0, 0.1) is 6.92 Å². The second-order valence-electron chi connectivity index (χ2n) is 3.68. The third-order valence-corrected chi connectivity index (χ3v) is 3.21. The van der Waals surface area contributed by atoms with Crippen LogP contribution in [0.25, 0.3) is 10.2 Å². The van der Waals surface area contributed by atoms with Gasteiger partial charge in [0, 0.05) is 5.69 Å². The van der Waals surface area contributed by atoms with Gasteiger partial charge in [-0.05, 0) is 30.5 Å². The summed E-state index contributed by atoms with van der Waals surface area (Å²) in [4.78, 5) is 12.9. The van der Waals surface area contributed by atoms with Gasteiger partial charge in [-0.1, -0.05) is 0 Å². The molecule has 3 rings (SSSR count). The molecule has 0 amide bonds. The van der Waals surface area contributed by atoms with E-state index in [9.17, 15) is 0 Å². The van der Waals surface area contributed by atoms with E-state index in [-0.39, 0.29) is 0 Å². The normalized spacial score (nSPS) is 10.6. The third-order valence-electron chi connectivity index (χ3n) is 2.37. The minimum atomic E-state index is 0.599. The van der Waals surface area contributed by atoms with Crippen LogP contribution in [0.5, 0.6) is 0 Å². The van der Waals surface area contributed by atoms with E-state index >= 15 is 0 Å². The van der Waals surface area contributed by atoms with Crippen molar-refractivity contribution < 1.29 is 0 Å². The Morgan fingerprint density at radius 1 is 1.12 bits per heavy atom. The standard InChI is InChI=1S/C12H10N4S/c1-8-2-3-9(6-13-8)15-12-14-7-11-10(16-12)4-5-17-11/h2-7H,1H3,(H,14,15,16). The van der Waals surface area contributed by atoms with E-state index in [0.717, 1.165) is 21.6 Å². The van der Waals surface area contributed by atoms with Gasteiger partial charge in [-0.2, -0.15) is 0 Å². The molecular weight excluding hydrogens is 232 g/mol. The number of aromatic nitrogens is 3. The lowest BCUT2D eigenvalue weighted by Crippen LogP contribution is -1.96. The molecule has 0 aliphatic heterocycles. The van der Waals surface area contributed by atoms with E-state index in [4.69, 9.17) is 0 Å². The smallest absolute Gasteiger partial charge is 0.227 e. The minimum Gasteiger partial charge on any atom is -0.323 e. The summed E-state index contributed by atoms with van der Waals surface area (Å²) in [5, 5.41) is 5.14. The van der Waals surface area contributed by atoms with Gasteiger partial charge < -0.3 is 5.32 Å². The van der Waals surface area contributed by atoms with Crippen molar-refractivity contribution in [3.05, 3.63) is 41.7 Å². The molecular formula is C12H10N4S. The Morgan fingerprint density at radius 3 is 2.88 bits per heavy atom. The molecule has 5 heteroatoms. The van der Waals surface area contributed by atoms with Crippen molar-refractivity contribution >= 4 is 33.2 Å². The van der Waals surface area contributed by atoms with Crippen LogP contribution in [0.1, 0.15) is 5.69 Å². The molecule has 0 radical (unpaired) electrons. The zero-order chi connectivity index (χ0) is 11.7. The molecule has 84 valence electrons. The summed E-state index contributed by atoms with van der Waals surface area (Å²) in [6.07, 6.45) is 3.60. The van der Waals surface area contributed by atoms with Crippen molar-refractivity contribution in [3.63, 3.8) is 0 Å². The van der Waals surface area contributed by atoms with Crippen LogP contribution < -0.4 is 5.32 Å². The van der Waals surface area contributed by atoms with Crippen molar-refractivity contribution in [2.75, 3.05) is 5.32 Å². The molecule has 0 saturated heterocycles. The first kappa shape index (κ1) is 10.2. The topological polar surface area (TPSA) is 50.7 Å². The number of fused-ring (bicyclic) bond motifs is 1. The second-order valence-corrected chi connectivity index (χ2v) is 4.62. The molecule has 3 aromatic rings. The van der Waals surface area contributed by atoms with E-state index in [2.05, 4.69) is 20.3 Å². The summed E-state index contributed by atoms with van der Waals surface area (Å²) in [6.45, 7) is 1.96. The number of rotatable bonds is 2. The van der Waals surface area contributed by atoms with Crippen molar-refractivity contribution in [3.8, 4) is 0 Å². The van der Waals surface area contributed by atoms with E-state index in [1.54, 1.807) is 17.5 Å². The lowest BCUT2D eigenvalue weighted by atomic mass is 10.3. The highest BCUT2D eigenvalue weighted by atomic mass is 32.1. The number of anilines is 2. The van der Waals surface area contributed by atoms with E-state index in [0.29, 0.717) is 5.95 Å². The molecule has 0 aromatic carbocycles. The van der Waals surface area contributed by atoms with Gasteiger partial charge in [0.1, 0.15) is 0 Å². The number of nitrogens with zero attached hydrogens (tertiary/aromatic N) is 3. The Hall–Kier alpha value is -2.01. The molecule has 0 spiro atoms. The summed E-state index contributed by atoms with van der Waals surface area (Å²) in [6, 6.07) is 5.90. The quantitative estimate of drug-likeness (QED) is 0.750. The SMILES string of the molecule is Cc1ccc(Nc2ncc3sccc3n2)cn1. The number of nitrogens with one attached hydrogen (secondary N) is 1. The molecule has 0 aliphatic rings. The maximum Gasteiger partial charge on any atom is 0.227 e. The highest BCUT2D eigenvalue weighted by Crippen LogP contribution is 2.20. The molecule has 0 fully saturated rings. The van der Waals surface area contributed by atoms with Gasteiger partial charge in [-0.15, -0.1) is 11.3 Å². The van der Waals surface area contributed by atoms with Crippen molar-refractivity contribution in [2.45, 2.75) is 6.92 Å². The lowest BCUT2D eigenvalue weighted by molar-refractivity contribution is 1.18. The van der Waals surface area contributed by atoms with Crippen molar-refractivity contribution in [2.24, 2.45) is 0 Å². The monoisotopic (exact) mass is 242 g/mol. The summed E-state index contributed by atoms with van der Waals surface area (Å²) in [7, 11) is 0. The molecule has 0 aliphatic carbocycles.